The van der Waals surface area contributed by atoms with Gasteiger partial charge in [-0.2, -0.15) is 0 Å². The van der Waals surface area contributed by atoms with Crippen LogP contribution in [-0.2, 0) is 6.42 Å². The maximum atomic E-state index is 13.7. The smallest absolute Gasteiger partial charge is 0.295 e. The molecular formula is C25H36F2N4. The number of benzene rings is 1. The van der Waals surface area contributed by atoms with Crippen molar-refractivity contribution in [2.24, 2.45) is 11.8 Å². The molecule has 0 radical (unpaired) electrons. The van der Waals surface area contributed by atoms with Crippen molar-refractivity contribution >= 4 is 0 Å². The third-order valence-corrected chi connectivity index (χ3v) is 6.69. The quantitative estimate of drug-likeness (QED) is 0.587. The van der Waals surface area contributed by atoms with Gasteiger partial charge >= 0.3 is 0 Å². The molecule has 31 heavy (non-hydrogen) atoms. The monoisotopic (exact) mass is 430 g/mol. The van der Waals surface area contributed by atoms with Crippen LogP contribution in [0, 0.1) is 11.8 Å². The summed E-state index contributed by atoms with van der Waals surface area (Å²) in [6, 6.07) is 10.1. The molecular weight excluding hydrogens is 394 g/mol. The fraction of sp³-hybridized carbons (Fsp3) is 0.640. The molecule has 0 N–H and O–H groups in total. The second-order valence-electron chi connectivity index (χ2n) is 9.80. The molecule has 0 aliphatic carbocycles. The summed E-state index contributed by atoms with van der Waals surface area (Å²) in [7, 11) is 0. The van der Waals surface area contributed by atoms with E-state index in [1.807, 2.05) is 36.5 Å². The van der Waals surface area contributed by atoms with Crippen molar-refractivity contribution in [3.05, 3.63) is 53.6 Å². The topological polar surface area (TPSA) is 24.3 Å². The van der Waals surface area contributed by atoms with Crippen molar-refractivity contribution in [2.75, 3.05) is 39.3 Å². The molecule has 2 fully saturated rings. The highest BCUT2D eigenvalue weighted by Crippen LogP contribution is 2.30. The first kappa shape index (κ1) is 22.4. The lowest BCUT2D eigenvalue weighted by Gasteiger charge is -2.34. The van der Waals surface area contributed by atoms with Gasteiger partial charge in [0.1, 0.15) is 0 Å². The fourth-order valence-electron chi connectivity index (χ4n) is 5.29. The molecule has 1 unspecified atom stereocenters. The number of likely N-dealkylation sites (tertiary alicyclic amines) is 2. The summed E-state index contributed by atoms with van der Waals surface area (Å²) in [6.45, 7) is 11.3. The van der Waals surface area contributed by atoms with Crippen LogP contribution in [0.4, 0.5) is 8.78 Å². The molecule has 1 atom stereocenters. The number of hydrogen-bond donors (Lipinski definition) is 0. The summed E-state index contributed by atoms with van der Waals surface area (Å²) >= 11 is 0. The van der Waals surface area contributed by atoms with E-state index in [2.05, 4.69) is 28.6 Å². The van der Waals surface area contributed by atoms with Crippen molar-refractivity contribution in [3.8, 4) is 0 Å². The van der Waals surface area contributed by atoms with Gasteiger partial charge in [-0.25, -0.2) is 13.8 Å². The van der Waals surface area contributed by atoms with E-state index in [0.717, 1.165) is 55.6 Å². The predicted octanol–water partition coefficient (Wildman–Crippen LogP) is 5.03. The molecule has 0 saturated carbocycles. The molecule has 1 aromatic carbocycles. The van der Waals surface area contributed by atoms with Crippen LogP contribution in [0.1, 0.15) is 62.7 Å². The summed E-state index contributed by atoms with van der Waals surface area (Å²) < 4.78 is 29.2. The molecule has 1 aromatic heterocycles. The highest BCUT2D eigenvalue weighted by molar-refractivity contribution is 5.22. The van der Waals surface area contributed by atoms with Crippen LogP contribution in [0.15, 0.2) is 36.5 Å². The summed E-state index contributed by atoms with van der Waals surface area (Å²) in [5.74, 6) is 1.41. The molecule has 0 amide bonds. The van der Waals surface area contributed by atoms with Crippen LogP contribution in [0.3, 0.4) is 0 Å². The molecule has 2 saturated heterocycles. The molecule has 2 aliphatic rings. The zero-order chi connectivity index (χ0) is 21.8. The summed E-state index contributed by atoms with van der Waals surface area (Å²) in [6.07, 6.45) is 3.06. The van der Waals surface area contributed by atoms with Gasteiger partial charge in [-0.1, -0.05) is 44.2 Å². The Balaban J connectivity index is 1.33. The number of aromatic nitrogens is 2. The van der Waals surface area contributed by atoms with E-state index in [0.29, 0.717) is 6.42 Å². The van der Waals surface area contributed by atoms with Crippen LogP contribution in [0.2, 0.25) is 0 Å². The number of halogens is 2. The minimum Gasteiger partial charge on any atom is -0.327 e. The second kappa shape index (κ2) is 10.2. The van der Waals surface area contributed by atoms with E-state index in [1.54, 1.807) is 4.57 Å². The van der Waals surface area contributed by atoms with Gasteiger partial charge in [0.25, 0.3) is 6.43 Å². The minimum absolute atomic E-state index is 0.0653. The Morgan fingerprint density at radius 3 is 2.39 bits per heavy atom. The highest BCUT2D eigenvalue weighted by Gasteiger charge is 2.29. The summed E-state index contributed by atoms with van der Waals surface area (Å²) in [5.41, 5.74) is 1.84. The predicted molar refractivity (Wildman–Crippen MR) is 121 cm³/mol. The van der Waals surface area contributed by atoms with Crippen LogP contribution in [0.25, 0.3) is 0 Å². The van der Waals surface area contributed by atoms with E-state index in [1.165, 1.54) is 26.1 Å². The maximum Gasteiger partial charge on any atom is 0.295 e. The molecule has 3 heterocycles. The van der Waals surface area contributed by atoms with Crippen LogP contribution in [-0.4, -0.2) is 58.6 Å². The second-order valence-corrected chi connectivity index (χ2v) is 9.80. The Hall–Kier alpha value is -1.79. The van der Waals surface area contributed by atoms with E-state index in [4.69, 9.17) is 0 Å². The third-order valence-electron chi connectivity index (χ3n) is 6.69. The Labute approximate surface area is 185 Å². The third kappa shape index (κ3) is 5.92. The Morgan fingerprint density at radius 2 is 1.71 bits per heavy atom. The zero-order valence-corrected chi connectivity index (χ0v) is 18.9. The standard InChI is InChI=1S/C25H36F2N4/c1-19(2)15-30-11-8-21(17-30)16-29-12-9-23(10-13-29)31-18-22(28-25(31)24(26)27)14-20-6-4-3-5-7-20/h3-7,18-19,21,23-24H,8-17H2,1-2H3. The maximum absolute atomic E-state index is 13.7. The van der Waals surface area contributed by atoms with Gasteiger partial charge in [0, 0.05) is 51.4 Å². The number of nitrogens with zero attached hydrogens (tertiary/aromatic N) is 4. The Bertz CT molecular complexity index is 812. The van der Waals surface area contributed by atoms with Gasteiger partial charge in [0.15, 0.2) is 5.82 Å². The fourth-order valence-corrected chi connectivity index (χ4v) is 5.29. The lowest BCUT2D eigenvalue weighted by molar-refractivity contribution is 0.120. The molecule has 4 rings (SSSR count). The highest BCUT2D eigenvalue weighted by atomic mass is 19.3. The minimum atomic E-state index is -2.53. The zero-order valence-electron chi connectivity index (χ0n) is 18.9. The van der Waals surface area contributed by atoms with Crippen molar-refractivity contribution in [2.45, 2.75) is 52.0 Å². The molecule has 170 valence electrons. The van der Waals surface area contributed by atoms with Gasteiger partial charge < -0.3 is 14.4 Å². The number of imidazole rings is 1. The average molecular weight is 431 g/mol. The molecule has 2 aromatic rings. The molecule has 2 aliphatic heterocycles. The number of rotatable bonds is 8. The van der Waals surface area contributed by atoms with Crippen molar-refractivity contribution < 1.29 is 8.78 Å². The number of hydrogen-bond acceptors (Lipinski definition) is 3. The van der Waals surface area contributed by atoms with E-state index >= 15 is 0 Å². The first-order valence-electron chi connectivity index (χ1n) is 11.8. The number of alkyl halides is 2. The van der Waals surface area contributed by atoms with Gasteiger partial charge in [-0.05, 0) is 43.2 Å². The van der Waals surface area contributed by atoms with Gasteiger partial charge in [0.2, 0.25) is 0 Å². The SMILES string of the molecule is CC(C)CN1CCC(CN2CCC(n3cc(Cc4ccccc4)nc3C(F)F)CC2)C1. The first-order chi connectivity index (χ1) is 15.0. The lowest BCUT2D eigenvalue weighted by Crippen LogP contribution is -2.38. The summed E-state index contributed by atoms with van der Waals surface area (Å²) in [5, 5.41) is 0. The van der Waals surface area contributed by atoms with Crippen LogP contribution in [0.5, 0.6) is 0 Å². The van der Waals surface area contributed by atoms with E-state index in [-0.39, 0.29) is 11.9 Å². The molecule has 0 spiro atoms. The van der Waals surface area contributed by atoms with Crippen molar-refractivity contribution in [1.29, 1.82) is 0 Å². The van der Waals surface area contributed by atoms with E-state index < -0.39 is 6.43 Å². The van der Waals surface area contributed by atoms with Gasteiger partial charge in [-0.15, -0.1) is 0 Å². The Kier molecular flexibility index (Phi) is 7.39. The molecule has 4 nitrogen and oxygen atoms in total. The largest absolute Gasteiger partial charge is 0.327 e. The first-order valence-corrected chi connectivity index (χ1v) is 11.8. The van der Waals surface area contributed by atoms with E-state index in [9.17, 15) is 8.78 Å². The van der Waals surface area contributed by atoms with Crippen molar-refractivity contribution in [3.63, 3.8) is 0 Å². The molecule has 6 heteroatoms. The van der Waals surface area contributed by atoms with Crippen LogP contribution < -0.4 is 0 Å². The molecule has 0 bridgehead atoms. The van der Waals surface area contributed by atoms with Gasteiger partial charge in [-0.3, -0.25) is 0 Å². The van der Waals surface area contributed by atoms with Crippen LogP contribution >= 0.6 is 0 Å². The normalized spacial score (nSPS) is 21.5. The average Bonchev–Trinajstić information content (AvgIpc) is 3.36. The van der Waals surface area contributed by atoms with Crippen molar-refractivity contribution in [1.82, 2.24) is 19.4 Å². The lowest BCUT2D eigenvalue weighted by atomic mass is 10.0. The van der Waals surface area contributed by atoms with Gasteiger partial charge in [0.05, 0.1) is 5.69 Å². The Morgan fingerprint density at radius 1 is 1.00 bits per heavy atom. The number of piperidine rings is 1. The summed E-state index contributed by atoms with van der Waals surface area (Å²) in [4.78, 5) is 9.45.